The number of carboxylic acids is 1. The quantitative estimate of drug-likeness (QED) is 0.612. The number of carbonyl (C=O) groups is 1. The minimum atomic E-state index is -0.917. The van der Waals surface area contributed by atoms with Gasteiger partial charge in [0.1, 0.15) is 5.82 Å². The predicted octanol–water partition coefficient (Wildman–Crippen LogP) is 3.34. The van der Waals surface area contributed by atoms with Crippen molar-refractivity contribution in [3.8, 4) is 0 Å². The van der Waals surface area contributed by atoms with Gasteiger partial charge in [0.05, 0.1) is 5.56 Å². The molecule has 3 rings (SSSR count). The van der Waals surface area contributed by atoms with Gasteiger partial charge in [-0.2, -0.15) is 0 Å². The van der Waals surface area contributed by atoms with Gasteiger partial charge in [0.25, 0.3) is 0 Å². The largest absolute Gasteiger partial charge is 0.478 e. The Labute approximate surface area is 133 Å². The first-order valence-electron chi connectivity index (χ1n) is 7.42. The van der Waals surface area contributed by atoms with E-state index in [-0.39, 0.29) is 5.82 Å². The Morgan fingerprint density at radius 2 is 2.00 bits per heavy atom. The van der Waals surface area contributed by atoms with E-state index in [2.05, 4.69) is 10.3 Å². The molecule has 1 heterocycles. The fraction of sp³-hybridized carbons (Fsp3) is 0.167. The van der Waals surface area contributed by atoms with Gasteiger partial charge >= 0.3 is 5.97 Å². The van der Waals surface area contributed by atoms with Crippen molar-refractivity contribution in [1.82, 2.24) is 10.3 Å². The van der Waals surface area contributed by atoms with Crippen LogP contribution < -0.4 is 5.32 Å². The van der Waals surface area contributed by atoms with Crippen molar-refractivity contribution in [1.29, 1.82) is 0 Å². The Hall–Kier alpha value is -2.66. The number of aromatic nitrogens is 1. The molecule has 0 saturated carbocycles. The van der Waals surface area contributed by atoms with Gasteiger partial charge in [-0.15, -0.1) is 0 Å². The van der Waals surface area contributed by atoms with Gasteiger partial charge in [0.15, 0.2) is 0 Å². The highest BCUT2D eigenvalue weighted by Gasteiger charge is 2.05. The number of benzene rings is 2. The topological polar surface area (TPSA) is 65.1 Å². The molecule has 23 heavy (non-hydrogen) atoms. The maximum absolute atomic E-state index is 13.6. The SMILES string of the molecule is O=C(O)c1cccc(CCNCc2cc3c(F)cccc3[nH]2)c1. The third kappa shape index (κ3) is 3.57. The summed E-state index contributed by atoms with van der Waals surface area (Å²) in [5.74, 6) is -1.14. The molecule has 0 unspecified atom stereocenters. The van der Waals surface area contributed by atoms with Gasteiger partial charge in [-0.05, 0) is 48.9 Å². The lowest BCUT2D eigenvalue weighted by Crippen LogP contribution is -2.17. The zero-order valence-corrected chi connectivity index (χ0v) is 12.5. The zero-order chi connectivity index (χ0) is 16.2. The summed E-state index contributed by atoms with van der Waals surface area (Å²) < 4.78 is 13.6. The summed E-state index contributed by atoms with van der Waals surface area (Å²) in [4.78, 5) is 14.1. The molecule has 0 aliphatic carbocycles. The first kappa shape index (κ1) is 15.2. The second kappa shape index (κ2) is 6.62. The number of aromatic amines is 1. The molecule has 4 nitrogen and oxygen atoms in total. The predicted molar refractivity (Wildman–Crippen MR) is 87.1 cm³/mol. The first-order chi connectivity index (χ1) is 11.1. The van der Waals surface area contributed by atoms with Crippen molar-refractivity contribution in [2.45, 2.75) is 13.0 Å². The second-order valence-corrected chi connectivity index (χ2v) is 5.43. The van der Waals surface area contributed by atoms with E-state index in [1.807, 2.05) is 18.2 Å². The van der Waals surface area contributed by atoms with Crippen LogP contribution in [0, 0.1) is 5.82 Å². The molecule has 0 saturated heterocycles. The molecule has 5 heteroatoms. The highest BCUT2D eigenvalue weighted by atomic mass is 19.1. The van der Waals surface area contributed by atoms with Crippen molar-refractivity contribution < 1.29 is 14.3 Å². The molecule has 0 spiro atoms. The summed E-state index contributed by atoms with van der Waals surface area (Å²) in [6.45, 7) is 1.31. The molecule has 2 aromatic carbocycles. The van der Waals surface area contributed by atoms with E-state index in [4.69, 9.17) is 5.11 Å². The molecule has 0 atom stereocenters. The molecular weight excluding hydrogens is 295 g/mol. The van der Waals surface area contributed by atoms with E-state index in [0.717, 1.165) is 23.2 Å². The summed E-state index contributed by atoms with van der Waals surface area (Å²) in [7, 11) is 0. The van der Waals surface area contributed by atoms with Gasteiger partial charge in [-0.1, -0.05) is 18.2 Å². The maximum Gasteiger partial charge on any atom is 0.335 e. The lowest BCUT2D eigenvalue weighted by atomic mass is 10.1. The van der Waals surface area contributed by atoms with Crippen LogP contribution in [-0.4, -0.2) is 22.6 Å². The Kier molecular flexibility index (Phi) is 4.39. The zero-order valence-electron chi connectivity index (χ0n) is 12.5. The summed E-state index contributed by atoms with van der Waals surface area (Å²) in [5.41, 5.74) is 2.98. The number of halogens is 1. The molecule has 3 aromatic rings. The van der Waals surface area contributed by atoms with Gasteiger partial charge in [0.2, 0.25) is 0 Å². The molecule has 0 aliphatic rings. The van der Waals surface area contributed by atoms with Crippen LogP contribution in [0.15, 0.2) is 48.5 Å². The number of fused-ring (bicyclic) bond motifs is 1. The average molecular weight is 312 g/mol. The smallest absolute Gasteiger partial charge is 0.335 e. The third-order valence-corrected chi connectivity index (χ3v) is 3.75. The van der Waals surface area contributed by atoms with E-state index in [0.29, 0.717) is 24.0 Å². The van der Waals surface area contributed by atoms with Crippen molar-refractivity contribution in [3.63, 3.8) is 0 Å². The van der Waals surface area contributed by atoms with Crippen LogP contribution in [0.4, 0.5) is 4.39 Å². The van der Waals surface area contributed by atoms with Gasteiger partial charge in [0, 0.05) is 23.1 Å². The normalized spacial score (nSPS) is 11.0. The van der Waals surface area contributed by atoms with Crippen LogP contribution in [0.3, 0.4) is 0 Å². The van der Waals surface area contributed by atoms with Crippen molar-refractivity contribution in [3.05, 3.63) is 71.2 Å². The molecule has 0 amide bonds. The molecule has 0 aliphatic heterocycles. The number of aromatic carboxylic acids is 1. The summed E-state index contributed by atoms with van der Waals surface area (Å²) in [6, 6.07) is 13.7. The Bertz CT molecular complexity index is 842. The Morgan fingerprint density at radius 1 is 1.17 bits per heavy atom. The van der Waals surface area contributed by atoms with Crippen molar-refractivity contribution in [2.24, 2.45) is 0 Å². The van der Waals surface area contributed by atoms with Crippen LogP contribution in [-0.2, 0) is 13.0 Å². The van der Waals surface area contributed by atoms with E-state index in [1.165, 1.54) is 6.07 Å². The number of H-pyrrole nitrogens is 1. The summed E-state index contributed by atoms with van der Waals surface area (Å²) in [6.07, 6.45) is 0.732. The molecule has 118 valence electrons. The molecule has 0 radical (unpaired) electrons. The van der Waals surface area contributed by atoms with Crippen molar-refractivity contribution in [2.75, 3.05) is 6.54 Å². The molecule has 3 N–H and O–H groups in total. The third-order valence-electron chi connectivity index (χ3n) is 3.75. The fourth-order valence-electron chi connectivity index (χ4n) is 2.59. The number of hydrogen-bond acceptors (Lipinski definition) is 2. The molecular formula is C18H17FN2O2. The lowest BCUT2D eigenvalue weighted by molar-refractivity contribution is 0.0696. The minimum absolute atomic E-state index is 0.226. The van der Waals surface area contributed by atoms with E-state index < -0.39 is 5.97 Å². The van der Waals surface area contributed by atoms with E-state index >= 15 is 0 Å². The van der Waals surface area contributed by atoms with E-state index in [1.54, 1.807) is 24.3 Å². The van der Waals surface area contributed by atoms with Gasteiger partial charge in [-0.25, -0.2) is 9.18 Å². The highest BCUT2D eigenvalue weighted by molar-refractivity contribution is 5.87. The Morgan fingerprint density at radius 3 is 2.78 bits per heavy atom. The first-order valence-corrected chi connectivity index (χ1v) is 7.42. The minimum Gasteiger partial charge on any atom is -0.478 e. The second-order valence-electron chi connectivity index (χ2n) is 5.43. The summed E-state index contributed by atoms with van der Waals surface area (Å²) in [5, 5.41) is 12.8. The monoisotopic (exact) mass is 312 g/mol. The number of hydrogen-bond donors (Lipinski definition) is 3. The number of carboxylic acid groups (broad SMARTS) is 1. The van der Waals surface area contributed by atoms with Gasteiger partial charge in [-0.3, -0.25) is 0 Å². The van der Waals surface area contributed by atoms with Crippen LogP contribution in [0.25, 0.3) is 10.9 Å². The summed E-state index contributed by atoms with van der Waals surface area (Å²) >= 11 is 0. The highest BCUT2D eigenvalue weighted by Crippen LogP contribution is 2.18. The maximum atomic E-state index is 13.6. The standard InChI is InChI=1S/C18H17FN2O2/c19-16-5-2-6-17-15(16)10-14(21-17)11-20-8-7-12-3-1-4-13(9-12)18(22)23/h1-6,9-10,20-21H,7-8,11H2,(H,22,23). The van der Waals surface area contributed by atoms with Crippen LogP contribution in [0.1, 0.15) is 21.6 Å². The number of nitrogens with one attached hydrogen (secondary N) is 2. The van der Waals surface area contributed by atoms with Crippen molar-refractivity contribution >= 4 is 16.9 Å². The molecule has 0 bridgehead atoms. The fourth-order valence-corrected chi connectivity index (χ4v) is 2.59. The van der Waals surface area contributed by atoms with Crippen LogP contribution >= 0.6 is 0 Å². The Balaban J connectivity index is 1.56. The average Bonchev–Trinajstić information content (AvgIpc) is 2.96. The number of rotatable bonds is 6. The molecule has 1 aromatic heterocycles. The lowest BCUT2D eigenvalue weighted by Gasteiger charge is -2.04. The molecule has 0 fully saturated rings. The van der Waals surface area contributed by atoms with Crippen LogP contribution in [0.5, 0.6) is 0 Å². The van der Waals surface area contributed by atoms with Gasteiger partial charge < -0.3 is 15.4 Å². The van der Waals surface area contributed by atoms with Crippen LogP contribution in [0.2, 0.25) is 0 Å². The van der Waals surface area contributed by atoms with E-state index in [9.17, 15) is 9.18 Å².